The zero-order chi connectivity index (χ0) is 21.8. The maximum atomic E-state index is 12.7. The van der Waals surface area contributed by atoms with Crippen molar-refractivity contribution in [2.24, 2.45) is 0 Å². The van der Waals surface area contributed by atoms with Gasteiger partial charge in [0.25, 0.3) is 0 Å². The lowest BCUT2D eigenvalue weighted by atomic mass is 10.1. The van der Waals surface area contributed by atoms with E-state index in [9.17, 15) is 9.59 Å². The fourth-order valence-electron chi connectivity index (χ4n) is 3.33. The molecule has 0 N–H and O–H groups in total. The number of aryl methyl sites for hydroxylation is 3. The van der Waals surface area contributed by atoms with Gasteiger partial charge in [0, 0.05) is 42.1 Å². The Morgan fingerprint density at radius 1 is 1.03 bits per heavy atom. The van der Waals surface area contributed by atoms with E-state index in [2.05, 4.69) is 35.9 Å². The first-order valence-electron chi connectivity index (χ1n) is 9.71. The number of rotatable bonds is 7. The van der Waals surface area contributed by atoms with Gasteiger partial charge < -0.3 is 14.2 Å². The van der Waals surface area contributed by atoms with Crippen molar-refractivity contribution < 1.29 is 14.3 Å². The Bertz CT molecular complexity index is 1070. The van der Waals surface area contributed by atoms with Gasteiger partial charge in [-0.15, -0.1) is 0 Å². The molecule has 0 saturated heterocycles. The Morgan fingerprint density at radius 3 is 2.40 bits per heavy atom. The van der Waals surface area contributed by atoms with Crippen molar-refractivity contribution in [3.8, 4) is 5.69 Å². The maximum absolute atomic E-state index is 12.7. The summed E-state index contributed by atoms with van der Waals surface area (Å²) < 4.78 is 7.24. The number of hydrogen-bond donors (Lipinski definition) is 0. The van der Waals surface area contributed by atoms with Crippen LogP contribution in [0.4, 0.5) is 5.95 Å². The lowest BCUT2D eigenvalue weighted by Crippen LogP contribution is -2.29. The van der Waals surface area contributed by atoms with Gasteiger partial charge in [-0.1, -0.05) is 6.07 Å². The summed E-state index contributed by atoms with van der Waals surface area (Å²) in [5.74, 6) is -0.330. The normalized spacial score (nSPS) is 10.7. The summed E-state index contributed by atoms with van der Waals surface area (Å²) in [5.41, 5.74) is 5.74. The summed E-state index contributed by atoms with van der Waals surface area (Å²) in [5, 5.41) is 0. The summed E-state index contributed by atoms with van der Waals surface area (Å²) in [6.45, 7) is 7.64. The fraction of sp³-hybridized carbons (Fsp3) is 0.304. The molecule has 0 aliphatic rings. The zero-order valence-corrected chi connectivity index (χ0v) is 18.0. The van der Waals surface area contributed by atoms with Gasteiger partial charge >= 0.3 is 5.97 Å². The molecule has 3 aromatic rings. The van der Waals surface area contributed by atoms with Gasteiger partial charge in [-0.3, -0.25) is 9.59 Å². The second-order valence-electron chi connectivity index (χ2n) is 7.38. The van der Waals surface area contributed by atoms with Crippen molar-refractivity contribution in [2.75, 3.05) is 25.1 Å². The summed E-state index contributed by atoms with van der Waals surface area (Å²) in [6.07, 6.45) is 3.19. The molecule has 3 rings (SSSR count). The molecule has 0 aliphatic carbocycles. The molecule has 30 heavy (non-hydrogen) atoms. The molecule has 0 atom stereocenters. The van der Waals surface area contributed by atoms with E-state index >= 15 is 0 Å². The minimum Gasteiger partial charge on any atom is -0.456 e. The van der Waals surface area contributed by atoms with Gasteiger partial charge in [0.05, 0.1) is 0 Å². The molecule has 0 radical (unpaired) electrons. The average molecular weight is 406 g/mol. The SMILES string of the molecule is Cc1ccc(-n2c(C)cc(C(=O)COC(=O)CN(C)c3ncccn3)c2C)cc1C. The quantitative estimate of drug-likeness (QED) is 0.442. The number of ether oxygens (including phenoxy) is 1. The van der Waals surface area contributed by atoms with Gasteiger partial charge in [0.15, 0.2) is 6.61 Å². The molecular formula is C23H26N4O3. The smallest absolute Gasteiger partial charge is 0.326 e. The van der Waals surface area contributed by atoms with E-state index < -0.39 is 5.97 Å². The Hall–Kier alpha value is -3.48. The van der Waals surface area contributed by atoms with Crippen LogP contribution in [0.5, 0.6) is 0 Å². The third-order valence-corrected chi connectivity index (χ3v) is 5.10. The van der Waals surface area contributed by atoms with E-state index in [1.165, 1.54) is 11.1 Å². The van der Waals surface area contributed by atoms with E-state index in [0.29, 0.717) is 11.5 Å². The second kappa shape index (κ2) is 8.90. The van der Waals surface area contributed by atoms with E-state index in [1.54, 1.807) is 30.4 Å². The van der Waals surface area contributed by atoms with E-state index in [-0.39, 0.29) is 18.9 Å². The Labute approximate surface area is 176 Å². The lowest BCUT2D eigenvalue weighted by molar-refractivity contribution is -0.140. The molecule has 0 unspecified atom stereocenters. The molecule has 0 spiro atoms. The summed E-state index contributed by atoms with van der Waals surface area (Å²) in [4.78, 5) is 34.6. The molecule has 156 valence electrons. The van der Waals surface area contributed by atoms with Crippen molar-refractivity contribution in [1.29, 1.82) is 0 Å². The molecule has 2 heterocycles. The van der Waals surface area contributed by atoms with Crippen molar-refractivity contribution in [1.82, 2.24) is 14.5 Å². The number of nitrogens with zero attached hydrogens (tertiary/aromatic N) is 4. The summed E-state index contributed by atoms with van der Waals surface area (Å²) in [7, 11) is 1.69. The largest absolute Gasteiger partial charge is 0.456 e. The highest BCUT2D eigenvalue weighted by Gasteiger charge is 2.19. The predicted molar refractivity (Wildman–Crippen MR) is 115 cm³/mol. The number of aromatic nitrogens is 3. The first kappa shape index (κ1) is 21.2. The maximum Gasteiger partial charge on any atom is 0.326 e. The topological polar surface area (TPSA) is 77.3 Å². The Kier molecular flexibility index (Phi) is 6.30. The van der Waals surface area contributed by atoms with Crippen molar-refractivity contribution >= 4 is 17.7 Å². The van der Waals surface area contributed by atoms with Crippen LogP contribution >= 0.6 is 0 Å². The Morgan fingerprint density at radius 2 is 1.73 bits per heavy atom. The average Bonchev–Trinajstić information content (AvgIpc) is 3.03. The van der Waals surface area contributed by atoms with Gasteiger partial charge in [-0.05, 0) is 63.1 Å². The van der Waals surface area contributed by atoms with Gasteiger partial charge in [0.2, 0.25) is 11.7 Å². The lowest BCUT2D eigenvalue weighted by Gasteiger charge is -2.15. The molecule has 1 aromatic carbocycles. The van der Waals surface area contributed by atoms with Crippen LogP contribution in [0.3, 0.4) is 0 Å². The summed E-state index contributed by atoms with van der Waals surface area (Å²) in [6, 6.07) is 9.75. The van der Waals surface area contributed by atoms with E-state index in [0.717, 1.165) is 17.1 Å². The molecule has 0 fully saturated rings. The highest BCUT2D eigenvalue weighted by molar-refractivity contribution is 5.99. The van der Waals surface area contributed by atoms with Gasteiger partial charge in [0.1, 0.15) is 6.54 Å². The minimum absolute atomic E-state index is 0.0427. The van der Waals surface area contributed by atoms with Crippen LogP contribution in [0.15, 0.2) is 42.7 Å². The number of Topliss-reactive ketones (excluding diaryl/α,β-unsaturated/α-hetero) is 1. The van der Waals surface area contributed by atoms with Crippen LogP contribution in [-0.2, 0) is 9.53 Å². The monoisotopic (exact) mass is 406 g/mol. The number of carbonyl (C=O) groups excluding carboxylic acids is 2. The number of benzene rings is 1. The first-order chi connectivity index (χ1) is 14.3. The number of esters is 1. The highest BCUT2D eigenvalue weighted by Crippen LogP contribution is 2.23. The number of likely N-dealkylation sites (N-methyl/N-ethyl adjacent to an activating group) is 1. The fourth-order valence-corrected chi connectivity index (χ4v) is 3.33. The van der Waals surface area contributed by atoms with Crippen LogP contribution in [0.25, 0.3) is 5.69 Å². The van der Waals surface area contributed by atoms with Crippen LogP contribution < -0.4 is 4.90 Å². The number of anilines is 1. The van der Waals surface area contributed by atoms with Crippen molar-refractivity contribution in [3.63, 3.8) is 0 Å². The second-order valence-corrected chi connectivity index (χ2v) is 7.38. The third-order valence-electron chi connectivity index (χ3n) is 5.10. The van der Waals surface area contributed by atoms with Gasteiger partial charge in [-0.25, -0.2) is 9.97 Å². The molecule has 0 saturated carbocycles. The van der Waals surface area contributed by atoms with Crippen molar-refractivity contribution in [2.45, 2.75) is 27.7 Å². The molecule has 7 nitrogen and oxygen atoms in total. The van der Waals surface area contributed by atoms with E-state index in [1.807, 2.05) is 30.5 Å². The molecule has 2 aromatic heterocycles. The molecule has 0 aliphatic heterocycles. The molecule has 0 bridgehead atoms. The highest BCUT2D eigenvalue weighted by atomic mass is 16.5. The van der Waals surface area contributed by atoms with Crippen LogP contribution in [0.1, 0.15) is 32.9 Å². The number of hydrogen-bond acceptors (Lipinski definition) is 6. The van der Waals surface area contributed by atoms with E-state index in [4.69, 9.17) is 4.74 Å². The first-order valence-corrected chi connectivity index (χ1v) is 9.71. The zero-order valence-electron chi connectivity index (χ0n) is 18.0. The number of ketones is 1. The molecule has 0 amide bonds. The van der Waals surface area contributed by atoms with Crippen LogP contribution in [-0.4, -0.2) is 46.5 Å². The van der Waals surface area contributed by atoms with Crippen LogP contribution in [0.2, 0.25) is 0 Å². The predicted octanol–water partition coefficient (Wildman–Crippen LogP) is 3.36. The minimum atomic E-state index is -0.513. The van der Waals surface area contributed by atoms with Crippen LogP contribution in [0, 0.1) is 27.7 Å². The Balaban J connectivity index is 1.67. The molecule has 7 heteroatoms. The standard InChI is InChI=1S/C23H26N4O3/c1-15-7-8-19(11-16(15)2)27-17(3)12-20(18(27)4)21(28)14-30-22(29)13-26(5)23-24-9-6-10-25-23/h6-12H,13-14H2,1-5H3. The molecular weight excluding hydrogens is 380 g/mol. The number of carbonyl (C=O) groups is 2. The third kappa shape index (κ3) is 4.56. The van der Waals surface area contributed by atoms with Crippen molar-refractivity contribution in [3.05, 3.63) is 70.8 Å². The van der Waals surface area contributed by atoms with Gasteiger partial charge in [-0.2, -0.15) is 0 Å². The summed E-state index contributed by atoms with van der Waals surface area (Å²) >= 11 is 0.